The number of methoxy groups -OCH3 is 2. The minimum Gasteiger partial charge on any atom is -0.493 e. The predicted octanol–water partition coefficient (Wildman–Crippen LogP) is 1.93. The molecule has 0 aliphatic carbocycles. The van der Waals surface area contributed by atoms with Crippen LogP contribution in [0.4, 0.5) is 0 Å². The first kappa shape index (κ1) is 20.6. The maximum Gasteiger partial charge on any atom is 0.255 e. The fraction of sp³-hybridized carbons (Fsp3) is 0.250. The fourth-order valence-electron chi connectivity index (χ4n) is 2.51. The summed E-state index contributed by atoms with van der Waals surface area (Å²) in [4.78, 5) is 23.7. The maximum absolute atomic E-state index is 12.7. The van der Waals surface area contributed by atoms with Gasteiger partial charge in [0.1, 0.15) is 0 Å². The Bertz CT molecular complexity index is 878. The van der Waals surface area contributed by atoms with Gasteiger partial charge < -0.3 is 25.3 Å². The quantitative estimate of drug-likeness (QED) is 0.718. The monoisotopic (exact) mass is 383 g/mol. The first-order chi connectivity index (χ1) is 13.4. The molecule has 28 heavy (non-hydrogen) atoms. The van der Waals surface area contributed by atoms with Gasteiger partial charge in [0.2, 0.25) is 5.75 Å². The van der Waals surface area contributed by atoms with Crippen LogP contribution in [0.5, 0.6) is 17.2 Å². The molecule has 3 N–H and O–H groups in total. The minimum atomic E-state index is -0.651. The third kappa shape index (κ3) is 4.92. The summed E-state index contributed by atoms with van der Waals surface area (Å²) in [5.41, 5.74) is 6.79. The summed E-state index contributed by atoms with van der Waals surface area (Å²) in [7, 11) is 2.82. The van der Waals surface area contributed by atoms with Crippen LogP contribution >= 0.6 is 0 Å². The Hall–Kier alpha value is -3.73. The number of carbonyl (C=O) groups excluding carboxylic acids is 2. The van der Waals surface area contributed by atoms with Gasteiger partial charge in [-0.25, -0.2) is 0 Å². The van der Waals surface area contributed by atoms with E-state index in [1.807, 2.05) is 6.92 Å². The molecule has 0 radical (unpaired) electrons. The Morgan fingerprint density at radius 2 is 1.71 bits per heavy atom. The van der Waals surface area contributed by atoms with Gasteiger partial charge in [0.05, 0.1) is 31.9 Å². The minimum absolute atomic E-state index is 0.181. The second-order valence-electron chi connectivity index (χ2n) is 5.89. The second kappa shape index (κ2) is 9.28. The van der Waals surface area contributed by atoms with Crippen molar-refractivity contribution in [3.63, 3.8) is 0 Å². The number of benzene rings is 2. The van der Waals surface area contributed by atoms with Gasteiger partial charge >= 0.3 is 0 Å². The number of primary amides is 1. The molecule has 0 heterocycles. The zero-order valence-corrected chi connectivity index (χ0v) is 15.8. The highest BCUT2D eigenvalue weighted by molar-refractivity contribution is 5.96. The lowest BCUT2D eigenvalue weighted by atomic mass is 10.1. The predicted molar refractivity (Wildman–Crippen MR) is 101 cm³/mol. The molecule has 146 valence electrons. The van der Waals surface area contributed by atoms with Crippen LogP contribution < -0.4 is 25.3 Å². The summed E-state index contributed by atoms with van der Waals surface area (Å²) in [5.74, 6) is -0.355. The van der Waals surface area contributed by atoms with E-state index in [0.717, 1.165) is 5.56 Å². The van der Waals surface area contributed by atoms with E-state index in [9.17, 15) is 9.59 Å². The molecule has 8 nitrogen and oxygen atoms in total. The third-order valence-electron chi connectivity index (χ3n) is 3.97. The van der Waals surface area contributed by atoms with Crippen molar-refractivity contribution in [3.05, 3.63) is 53.1 Å². The number of rotatable bonds is 8. The molecule has 8 heteroatoms. The zero-order valence-electron chi connectivity index (χ0n) is 15.8. The molecule has 0 saturated heterocycles. The van der Waals surface area contributed by atoms with E-state index in [4.69, 9.17) is 25.2 Å². The van der Waals surface area contributed by atoms with Gasteiger partial charge in [-0.3, -0.25) is 9.59 Å². The molecule has 0 aromatic heterocycles. The van der Waals surface area contributed by atoms with E-state index < -0.39 is 5.91 Å². The molecular weight excluding hydrogens is 362 g/mol. The zero-order chi connectivity index (χ0) is 20.7. The standard InChI is InChI=1S/C20H21N3O5/c1-12(14-6-4-13(10-21)5-7-14)23-20(25)15-8-16(26-2)19(17(9-15)27-3)28-11-18(22)24/h4-9,12H,11H2,1-3H3,(H2,22,24)(H,23,25). The molecule has 2 rings (SSSR count). The van der Waals surface area contributed by atoms with Crippen LogP contribution in [-0.2, 0) is 4.79 Å². The first-order valence-electron chi connectivity index (χ1n) is 8.37. The molecule has 0 spiro atoms. The Kier molecular flexibility index (Phi) is 6.82. The topological polar surface area (TPSA) is 124 Å². The molecule has 0 bridgehead atoms. The van der Waals surface area contributed by atoms with Crippen molar-refractivity contribution in [3.8, 4) is 23.3 Å². The summed E-state index contributed by atoms with van der Waals surface area (Å²) in [6, 6.07) is 11.7. The van der Waals surface area contributed by atoms with Crippen LogP contribution in [0, 0.1) is 11.3 Å². The Morgan fingerprint density at radius 1 is 1.14 bits per heavy atom. The number of hydrogen-bond acceptors (Lipinski definition) is 6. The van der Waals surface area contributed by atoms with Gasteiger partial charge in [0.25, 0.3) is 11.8 Å². The van der Waals surface area contributed by atoms with E-state index in [2.05, 4.69) is 11.4 Å². The number of nitriles is 1. The second-order valence-corrected chi connectivity index (χ2v) is 5.89. The third-order valence-corrected chi connectivity index (χ3v) is 3.97. The van der Waals surface area contributed by atoms with E-state index in [-0.39, 0.29) is 35.8 Å². The summed E-state index contributed by atoms with van der Waals surface area (Å²) in [6.45, 7) is 1.48. The number of carbonyl (C=O) groups is 2. The van der Waals surface area contributed by atoms with Crippen LogP contribution in [0.25, 0.3) is 0 Å². The van der Waals surface area contributed by atoms with Crippen molar-refractivity contribution in [2.24, 2.45) is 5.73 Å². The van der Waals surface area contributed by atoms with Gasteiger partial charge in [-0.15, -0.1) is 0 Å². The smallest absolute Gasteiger partial charge is 0.255 e. The van der Waals surface area contributed by atoms with Crippen molar-refractivity contribution in [1.82, 2.24) is 5.32 Å². The van der Waals surface area contributed by atoms with Crippen molar-refractivity contribution in [2.75, 3.05) is 20.8 Å². The van der Waals surface area contributed by atoms with Crippen LogP contribution in [0.1, 0.15) is 34.5 Å². The number of amides is 2. The molecule has 1 atom stereocenters. The highest BCUT2D eigenvalue weighted by atomic mass is 16.5. The largest absolute Gasteiger partial charge is 0.493 e. The van der Waals surface area contributed by atoms with Crippen LogP contribution in [0.2, 0.25) is 0 Å². The first-order valence-corrected chi connectivity index (χ1v) is 8.37. The Morgan fingerprint density at radius 3 is 2.18 bits per heavy atom. The molecule has 2 amide bonds. The van der Waals surface area contributed by atoms with Crippen molar-refractivity contribution < 1.29 is 23.8 Å². The van der Waals surface area contributed by atoms with E-state index in [0.29, 0.717) is 11.1 Å². The lowest BCUT2D eigenvalue weighted by Crippen LogP contribution is -2.26. The van der Waals surface area contributed by atoms with Gasteiger partial charge in [-0.1, -0.05) is 12.1 Å². The molecule has 0 aliphatic rings. The molecule has 2 aromatic rings. The summed E-state index contributed by atoms with van der Waals surface area (Å²) >= 11 is 0. The molecular formula is C20H21N3O5. The van der Waals surface area contributed by atoms with E-state index in [1.54, 1.807) is 24.3 Å². The highest BCUT2D eigenvalue weighted by Gasteiger charge is 2.19. The average Bonchev–Trinajstić information content (AvgIpc) is 2.71. The average molecular weight is 383 g/mol. The van der Waals surface area contributed by atoms with Crippen molar-refractivity contribution >= 4 is 11.8 Å². The fourth-order valence-corrected chi connectivity index (χ4v) is 2.51. The SMILES string of the molecule is COc1cc(C(=O)NC(C)c2ccc(C#N)cc2)cc(OC)c1OCC(N)=O. The lowest BCUT2D eigenvalue weighted by Gasteiger charge is -2.17. The molecule has 2 aromatic carbocycles. The highest BCUT2D eigenvalue weighted by Crippen LogP contribution is 2.38. The van der Waals surface area contributed by atoms with Gasteiger partial charge in [0.15, 0.2) is 18.1 Å². The van der Waals surface area contributed by atoms with Crippen molar-refractivity contribution in [2.45, 2.75) is 13.0 Å². The molecule has 1 unspecified atom stereocenters. The van der Waals surface area contributed by atoms with Crippen LogP contribution in [-0.4, -0.2) is 32.6 Å². The summed E-state index contributed by atoms with van der Waals surface area (Å²) in [5, 5.41) is 11.7. The van der Waals surface area contributed by atoms with Gasteiger partial charge in [0, 0.05) is 5.56 Å². The number of nitrogens with one attached hydrogen (secondary N) is 1. The van der Waals surface area contributed by atoms with Crippen molar-refractivity contribution in [1.29, 1.82) is 5.26 Å². The van der Waals surface area contributed by atoms with Gasteiger partial charge in [-0.05, 0) is 36.8 Å². The Labute approximate surface area is 162 Å². The molecule has 0 saturated carbocycles. The summed E-state index contributed by atoms with van der Waals surface area (Å²) < 4.78 is 15.9. The molecule has 0 fully saturated rings. The number of ether oxygens (including phenoxy) is 3. The summed E-state index contributed by atoms with van der Waals surface area (Å²) in [6.07, 6.45) is 0. The number of nitrogens with two attached hydrogens (primary N) is 1. The van der Waals surface area contributed by atoms with Crippen LogP contribution in [0.15, 0.2) is 36.4 Å². The van der Waals surface area contributed by atoms with E-state index in [1.165, 1.54) is 26.4 Å². The van der Waals surface area contributed by atoms with E-state index >= 15 is 0 Å². The normalized spacial score (nSPS) is 11.1. The number of hydrogen-bond donors (Lipinski definition) is 2. The van der Waals surface area contributed by atoms with Crippen LogP contribution in [0.3, 0.4) is 0 Å². The lowest BCUT2D eigenvalue weighted by molar-refractivity contribution is -0.120. The van der Waals surface area contributed by atoms with Gasteiger partial charge in [-0.2, -0.15) is 5.26 Å². The molecule has 0 aliphatic heterocycles. The Balaban J connectivity index is 2.24. The number of nitrogens with zero attached hydrogens (tertiary/aromatic N) is 1. The maximum atomic E-state index is 12.7.